The third kappa shape index (κ3) is 2.50. The van der Waals surface area contributed by atoms with Gasteiger partial charge in [-0.1, -0.05) is 15.9 Å². The van der Waals surface area contributed by atoms with Crippen molar-refractivity contribution in [3.05, 3.63) is 34.6 Å². The van der Waals surface area contributed by atoms with E-state index in [4.69, 9.17) is 9.47 Å². The van der Waals surface area contributed by atoms with E-state index in [1.165, 1.54) is 0 Å². The first-order chi connectivity index (χ1) is 10.8. The lowest BCUT2D eigenvalue weighted by atomic mass is 10.2. The monoisotopic (exact) mass is 362 g/mol. The van der Waals surface area contributed by atoms with E-state index in [1.54, 1.807) is 6.33 Å². The highest BCUT2D eigenvalue weighted by atomic mass is 79.9. The minimum absolute atomic E-state index is 0.449. The van der Waals surface area contributed by atoms with E-state index in [0.29, 0.717) is 6.61 Å². The first-order valence-electron chi connectivity index (χ1n) is 7.17. The van der Waals surface area contributed by atoms with Gasteiger partial charge in [-0.3, -0.25) is 0 Å². The lowest BCUT2D eigenvalue weighted by Crippen LogP contribution is -2.37. The summed E-state index contributed by atoms with van der Waals surface area (Å²) in [4.78, 5) is 11.1. The summed E-state index contributed by atoms with van der Waals surface area (Å²) in [5.74, 6) is 2.54. The van der Waals surface area contributed by atoms with Gasteiger partial charge in [0.15, 0.2) is 0 Å². The van der Waals surface area contributed by atoms with Gasteiger partial charge in [-0.05, 0) is 18.2 Å². The van der Waals surface area contributed by atoms with Crippen LogP contribution in [-0.2, 0) is 11.3 Å². The Hall–Kier alpha value is -1.86. The van der Waals surface area contributed by atoms with Crippen LogP contribution in [0.15, 0.2) is 29.0 Å². The molecule has 0 unspecified atom stereocenters. The van der Waals surface area contributed by atoms with Crippen LogP contribution in [0.3, 0.4) is 0 Å². The minimum atomic E-state index is 0.449. The summed E-state index contributed by atoms with van der Waals surface area (Å²) < 4.78 is 12.4. The van der Waals surface area contributed by atoms with Gasteiger partial charge in [-0.15, -0.1) is 0 Å². The van der Waals surface area contributed by atoms with Gasteiger partial charge in [0.05, 0.1) is 24.5 Å². The van der Waals surface area contributed by atoms with Crippen molar-refractivity contribution in [2.24, 2.45) is 0 Å². The third-order valence-corrected chi connectivity index (χ3v) is 4.29. The lowest BCUT2D eigenvalue weighted by molar-refractivity contribution is 0.122. The summed E-state index contributed by atoms with van der Waals surface area (Å²) in [5, 5.41) is 3.36. The number of hydrogen-bond donors (Lipinski definition) is 1. The fourth-order valence-electron chi connectivity index (χ4n) is 2.69. The number of anilines is 3. The maximum absolute atomic E-state index is 5.94. The van der Waals surface area contributed by atoms with Crippen molar-refractivity contribution >= 4 is 33.3 Å². The molecule has 6 nitrogen and oxygen atoms in total. The third-order valence-electron chi connectivity index (χ3n) is 3.80. The van der Waals surface area contributed by atoms with Crippen LogP contribution < -0.4 is 15.0 Å². The minimum Gasteiger partial charge on any atom is -0.486 e. The summed E-state index contributed by atoms with van der Waals surface area (Å²) >= 11 is 3.48. The zero-order valence-corrected chi connectivity index (χ0v) is 13.5. The molecule has 0 spiro atoms. The molecule has 4 rings (SSSR count). The molecule has 0 aliphatic carbocycles. The van der Waals surface area contributed by atoms with Crippen LogP contribution in [0.4, 0.5) is 17.3 Å². The quantitative estimate of drug-likeness (QED) is 0.841. The van der Waals surface area contributed by atoms with E-state index in [9.17, 15) is 0 Å². The zero-order chi connectivity index (χ0) is 14.9. The van der Waals surface area contributed by atoms with E-state index in [-0.39, 0.29) is 0 Å². The molecule has 0 bridgehead atoms. The molecule has 0 saturated carbocycles. The molecule has 22 heavy (non-hydrogen) atoms. The maximum atomic E-state index is 5.94. The van der Waals surface area contributed by atoms with Crippen LogP contribution in [0.2, 0.25) is 0 Å². The Kier molecular flexibility index (Phi) is 3.59. The highest BCUT2D eigenvalue weighted by molar-refractivity contribution is 9.10. The second kappa shape index (κ2) is 5.73. The Morgan fingerprint density at radius 3 is 2.91 bits per heavy atom. The molecule has 114 valence electrons. The van der Waals surface area contributed by atoms with Crippen molar-refractivity contribution in [1.82, 2.24) is 9.97 Å². The van der Waals surface area contributed by atoms with Crippen LogP contribution in [0.25, 0.3) is 0 Å². The molecule has 2 aromatic rings. The van der Waals surface area contributed by atoms with E-state index in [0.717, 1.165) is 59.4 Å². The molecule has 1 N–H and O–H groups in total. The first kappa shape index (κ1) is 13.8. The molecule has 2 aliphatic rings. The number of rotatable bonds is 1. The van der Waals surface area contributed by atoms with Crippen LogP contribution in [0.1, 0.15) is 5.56 Å². The summed E-state index contributed by atoms with van der Waals surface area (Å²) in [5.41, 5.74) is 1.89. The molecule has 1 aromatic carbocycles. The van der Waals surface area contributed by atoms with Gasteiger partial charge in [0, 0.05) is 17.6 Å². The number of ether oxygens (including phenoxy) is 2. The van der Waals surface area contributed by atoms with E-state index >= 15 is 0 Å². The predicted molar refractivity (Wildman–Crippen MR) is 86.8 cm³/mol. The molecule has 0 radical (unpaired) electrons. The van der Waals surface area contributed by atoms with Crippen LogP contribution >= 0.6 is 15.9 Å². The van der Waals surface area contributed by atoms with Crippen molar-refractivity contribution in [2.75, 3.05) is 36.5 Å². The fourth-order valence-corrected chi connectivity index (χ4v) is 3.06. The number of benzene rings is 1. The average molecular weight is 363 g/mol. The van der Waals surface area contributed by atoms with Crippen LogP contribution in [0, 0.1) is 0 Å². The molecule has 0 amide bonds. The van der Waals surface area contributed by atoms with Gasteiger partial charge in [0.2, 0.25) is 0 Å². The number of morpholine rings is 1. The topological polar surface area (TPSA) is 59.5 Å². The fraction of sp³-hybridized carbons (Fsp3) is 0.333. The van der Waals surface area contributed by atoms with Crippen molar-refractivity contribution in [1.29, 1.82) is 0 Å². The highest BCUT2D eigenvalue weighted by Crippen LogP contribution is 2.37. The summed E-state index contributed by atoms with van der Waals surface area (Å²) in [7, 11) is 0. The maximum Gasteiger partial charge on any atom is 0.143 e. The second-order valence-corrected chi connectivity index (χ2v) is 6.09. The summed E-state index contributed by atoms with van der Waals surface area (Å²) in [6, 6.07) is 5.89. The molecule has 1 aromatic heterocycles. The number of nitrogens with one attached hydrogen (secondary N) is 1. The number of fused-ring (bicyclic) bond motifs is 2. The molecule has 0 atom stereocenters. The van der Waals surface area contributed by atoms with Crippen LogP contribution in [-0.4, -0.2) is 36.3 Å². The molecule has 1 saturated heterocycles. The van der Waals surface area contributed by atoms with Crippen LogP contribution in [0.5, 0.6) is 5.75 Å². The first-order valence-corrected chi connectivity index (χ1v) is 7.96. The Bertz CT molecular complexity index is 704. The van der Waals surface area contributed by atoms with Gasteiger partial charge in [0.25, 0.3) is 0 Å². The Morgan fingerprint density at radius 2 is 2.05 bits per heavy atom. The normalized spacial score (nSPS) is 16.9. The standard InChI is InChI=1S/C15H15BrN4O2/c16-10-1-2-13-12(7-10)19-14-11(8-22-13)15(18-9-17-14)20-3-5-21-6-4-20/h1-2,7,9H,3-6,8H2,(H,17,18,19). The van der Waals surface area contributed by atoms with Gasteiger partial charge in [-0.2, -0.15) is 0 Å². The number of nitrogens with zero attached hydrogens (tertiary/aromatic N) is 3. The Balaban J connectivity index is 1.73. The van der Waals surface area contributed by atoms with E-state index < -0.39 is 0 Å². The average Bonchev–Trinajstić information content (AvgIpc) is 2.74. The van der Waals surface area contributed by atoms with Gasteiger partial charge in [-0.25, -0.2) is 9.97 Å². The van der Waals surface area contributed by atoms with Crippen molar-refractivity contribution in [3.63, 3.8) is 0 Å². The largest absolute Gasteiger partial charge is 0.486 e. The summed E-state index contributed by atoms with van der Waals surface area (Å²) in [6.07, 6.45) is 1.60. The number of halogens is 1. The molecule has 7 heteroatoms. The summed E-state index contributed by atoms with van der Waals surface area (Å²) in [6.45, 7) is 3.56. The van der Waals surface area contributed by atoms with E-state index in [1.807, 2.05) is 18.2 Å². The molecule has 3 heterocycles. The lowest BCUT2D eigenvalue weighted by Gasteiger charge is -2.29. The van der Waals surface area contributed by atoms with Crippen molar-refractivity contribution in [2.45, 2.75) is 6.61 Å². The van der Waals surface area contributed by atoms with Crippen molar-refractivity contribution < 1.29 is 9.47 Å². The molecular weight excluding hydrogens is 348 g/mol. The van der Waals surface area contributed by atoms with Gasteiger partial charge >= 0.3 is 0 Å². The smallest absolute Gasteiger partial charge is 0.143 e. The Labute approximate surface area is 136 Å². The second-order valence-electron chi connectivity index (χ2n) is 5.18. The van der Waals surface area contributed by atoms with Crippen molar-refractivity contribution in [3.8, 4) is 5.75 Å². The molecule has 1 fully saturated rings. The number of aromatic nitrogens is 2. The molecule has 2 aliphatic heterocycles. The number of hydrogen-bond acceptors (Lipinski definition) is 6. The predicted octanol–water partition coefficient (Wildman–Crippen LogP) is 2.71. The van der Waals surface area contributed by atoms with E-state index in [2.05, 4.69) is 36.1 Å². The highest BCUT2D eigenvalue weighted by Gasteiger charge is 2.23. The van der Waals surface area contributed by atoms with Gasteiger partial charge < -0.3 is 19.7 Å². The molecular formula is C15H15BrN4O2. The SMILES string of the molecule is Brc1ccc2c(c1)Nc1ncnc(N3CCOCC3)c1CO2. The zero-order valence-electron chi connectivity index (χ0n) is 11.9. The Morgan fingerprint density at radius 1 is 1.18 bits per heavy atom. The van der Waals surface area contributed by atoms with Gasteiger partial charge in [0.1, 0.15) is 30.3 Å².